The van der Waals surface area contributed by atoms with Gasteiger partial charge in [-0.2, -0.15) is 0 Å². The molecular weight excluding hydrogens is 198 g/mol. The SMILES string of the molecule is CCCNC/C(=C/C1CCC(C)O1)C(C)C. The van der Waals surface area contributed by atoms with Gasteiger partial charge in [-0.15, -0.1) is 0 Å². The zero-order valence-electron chi connectivity index (χ0n) is 11.3. The molecule has 1 rings (SSSR count). The van der Waals surface area contributed by atoms with Crippen molar-refractivity contribution in [2.45, 2.75) is 59.2 Å². The van der Waals surface area contributed by atoms with Crippen LogP contribution in [-0.4, -0.2) is 25.3 Å². The predicted octanol–water partition coefficient (Wildman–Crippen LogP) is 3.14. The molecule has 16 heavy (non-hydrogen) atoms. The fourth-order valence-electron chi connectivity index (χ4n) is 2.06. The van der Waals surface area contributed by atoms with Crippen LogP contribution in [0.25, 0.3) is 0 Å². The molecule has 0 spiro atoms. The van der Waals surface area contributed by atoms with E-state index in [0.29, 0.717) is 18.1 Å². The number of ether oxygens (including phenoxy) is 1. The Morgan fingerprint density at radius 3 is 2.69 bits per heavy atom. The molecule has 94 valence electrons. The first-order valence-electron chi connectivity index (χ1n) is 6.70. The lowest BCUT2D eigenvalue weighted by molar-refractivity contribution is 0.0825. The molecule has 2 unspecified atom stereocenters. The molecule has 1 heterocycles. The summed E-state index contributed by atoms with van der Waals surface area (Å²) in [6.07, 6.45) is 6.73. The third-order valence-corrected chi connectivity index (χ3v) is 3.16. The summed E-state index contributed by atoms with van der Waals surface area (Å²) in [6.45, 7) is 11.0. The highest BCUT2D eigenvalue weighted by atomic mass is 16.5. The van der Waals surface area contributed by atoms with Crippen LogP contribution in [0.15, 0.2) is 11.6 Å². The van der Waals surface area contributed by atoms with Crippen LogP contribution in [0.4, 0.5) is 0 Å². The molecule has 1 N–H and O–H groups in total. The molecule has 0 aromatic rings. The van der Waals surface area contributed by atoms with Gasteiger partial charge in [0, 0.05) is 6.54 Å². The zero-order chi connectivity index (χ0) is 12.0. The maximum Gasteiger partial charge on any atom is 0.0763 e. The number of nitrogens with one attached hydrogen (secondary N) is 1. The molecule has 0 aromatic heterocycles. The van der Waals surface area contributed by atoms with Gasteiger partial charge in [-0.3, -0.25) is 0 Å². The summed E-state index contributed by atoms with van der Waals surface area (Å²) in [6, 6.07) is 0. The van der Waals surface area contributed by atoms with Crippen molar-refractivity contribution in [3.63, 3.8) is 0 Å². The fraction of sp³-hybridized carbons (Fsp3) is 0.857. The monoisotopic (exact) mass is 225 g/mol. The van der Waals surface area contributed by atoms with E-state index in [0.717, 1.165) is 13.1 Å². The lowest BCUT2D eigenvalue weighted by Gasteiger charge is -2.15. The Bertz CT molecular complexity index is 223. The molecule has 0 radical (unpaired) electrons. The van der Waals surface area contributed by atoms with Crippen LogP contribution in [0.2, 0.25) is 0 Å². The highest BCUT2D eigenvalue weighted by Crippen LogP contribution is 2.22. The molecule has 1 fully saturated rings. The molecule has 1 aliphatic rings. The topological polar surface area (TPSA) is 21.3 Å². The smallest absolute Gasteiger partial charge is 0.0763 e. The average Bonchev–Trinajstić information content (AvgIpc) is 2.63. The van der Waals surface area contributed by atoms with Gasteiger partial charge in [-0.1, -0.05) is 32.4 Å². The Morgan fingerprint density at radius 2 is 2.19 bits per heavy atom. The Hall–Kier alpha value is -0.340. The van der Waals surface area contributed by atoms with E-state index in [1.165, 1.54) is 24.8 Å². The van der Waals surface area contributed by atoms with Crippen LogP contribution in [0.3, 0.4) is 0 Å². The molecular formula is C14H27NO. The largest absolute Gasteiger partial charge is 0.371 e. The maximum atomic E-state index is 5.84. The molecule has 0 amide bonds. The molecule has 2 atom stereocenters. The van der Waals surface area contributed by atoms with Gasteiger partial charge in [0.25, 0.3) is 0 Å². The lowest BCUT2D eigenvalue weighted by Crippen LogP contribution is -2.21. The summed E-state index contributed by atoms with van der Waals surface area (Å²) in [7, 11) is 0. The first-order chi connectivity index (χ1) is 7.63. The second kappa shape index (κ2) is 7.08. The van der Waals surface area contributed by atoms with Gasteiger partial charge >= 0.3 is 0 Å². The second-order valence-corrected chi connectivity index (χ2v) is 5.14. The average molecular weight is 225 g/mol. The van der Waals surface area contributed by atoms with E-state index >= 15 is 0 Å². The van der Waals surface area contributed by atoms with Crippen molar-refractivity contribution < 1.29 is 4.74 Å². The molecule has 0 aromatic carbocycles. The third-order valence-electron chi connectivity index (χ3n) is 3.16. The van der Waals surface area contributed by atoms with Gasteiger partial charge in [0.15, 0.2) is 0 Å². The van der Waals surface area contributed by atoms with E-state index < -0.39 is 0 Å². The minimum atomic E-state index is 0.357. The normalized spacial score (nSPS) is 26.7. The van der Waals surface area contributed by atoms with Crippen molar-refractivity contribution in [1.82, 2.24) is 5.32 Å². The van der Waals surface area contributed by atoms with E-state index in [9.17, 15) is 0 Å². The van der Waals surface area contributed by atoms with Gasteiger partial charge in [0.2, 0.25) is 0 Å². The van der Waals surface area contributed by atoms with Crippen LogP contribution in [0, 0.1) is 5.92 Å². The van der Waals surface area contributed by atoms with Gasteiger partial charge in [-0.25, -0.2) is 0 Å². The van der Waals surface area contributed by atoms with Gasteiger partial charge < -0.3 is 10.1 Å². The summed E-state index contributed by atoms with van der Waals surface area (Å²) >= 11 is 0. The first kappa shape index (κ1) is 13.7. The molecule has 0 saturated carbocycles. The van der Waals surface area contributed by atoms with Gasteiger partial charge in [0.1, 0.15) is 0 Å². The maximum absolute atomic E-state index is 5.84. The standard InChI is InChI=1S/C14H27NO/c1-5-8-15-10-13(11(2)3)9-14-7-6-12(4)16-14/h9,11-12,14-15H,5-8,10H2,1-4H3/b13-9-. The molecule has 2 nitrogen and oxygen atoms in total. The van der Waals surface area contributed by atoms with Crippen molar-refractivity contribution in [1.29, 1.82) is 0 Å². The minimum absolute atomic E-state index is 0.357. The van der Waals surface area contributed by atoms with E-state index in [4.69, 9.17) is 4.74 Å². The second-order valence-electron chi connectivity index (χ2n) is 5.14. The Kier molecular flexibility index (Phi) is 6.07. The van der Waals surface area contributed by atoms with Crippen LogP contribution in [0.1, 0.15) is 47.0 Å². The van der Waals surface area contributed by atoms with Crippen LogP contribution in [-0.2, 0) is 4.74 Å². The molecule has 1 saturated heterocycles. The van der Waals surface area contributed by atoms with Crippen LogP contribution < -0.4 is 5.32 Å². The van der Waals surface area contributed by atoms with E-state index in [1.54, 1.807) is 0 Å². The number of rotatable bonds is 6. The quantitative estimate of drug-likeness (QED) is 0.554. The molecule has 2 heteroatoms. The van der Waals surface area contributed by atoms with Crippen molar-refractivity contribution in [3.05, 3.63) is 11.6 Å². The number of hydrogen-bond acceptors (Lipinski definition) is 2. The first-order valence-corrected chi connectivity index (χ1v) is 6.70. The lowest BCUT2D eigenvalue weighted by atomic mass is 10.0. The predicted molar refractivity (Wildman–Crippen MR) is 69.7 cm³/mol. The van der Waals surface area contributed by atoms with Crippen LogP contribution >= 0.6 is 0 Å². The summed E-state index contributed by atoms with van der Waals surface area (Å²) in [5, 5.41) is 3.48. The summed E-state index contributed by atoms with van der Waals surface area (Å²) in [4.78, 5) is 0. The molecule has 0 aliphatic carbocycles. The van der Waals surface area contributed by atoms with Gasteiger partial charge in [0.05, 0.1) is 12.2 Å². The Morgan fingerprint density at radius 1 is 1.44 bits per heavy atom. The zero-order valence-corrected chi connectivity index (χ0v) is 11.3. The van der Waals surface area contributed by atoms with E-state index in [2.05, 4.69) is 39.1 Å². The summed E-state index contributed by atoms with van der Waals surface area (Å²) in [5.74, 6) is 0.615. The third kappa shape index (κ3) is 4.67. The highest BCUT2D eigenvalue weighted by Gasteiger charge is 2.20. The summed E-state index contributed by atoms with van der Waals surface area (Å²) < 4.78 is 5.84. The van der Waals surface area contributed by atoms with E-state index in [-0.39, 0.29) is 0 Å². The minimum Gasteiger partial charge on any atom is -0.371 e. The van der Waals surface area contributed by atoms with Crippen molar-refractivity contribution in [2.75, 3.05) is 13.1 Å². The highest BCUT2D eigenvalue weighted by molar-refractivity contribution is 5.10. The van der Waals surface area contributed by atoms with Crippen molar-refractivity contribution in [2.24, 2.45) is 5.92 Å². The summed E-state index contributed by atoms with van der Waals surface area (Å²) in [5.41, 5.74) is 1.49. The van der Waals surface area contributed by atoms with Crippen LogP contribution in [0.5, 0.6) is 0 Å². The Labute approximate surface area is 100 Å². The molecule has 0 bridgehead atoms. The van der Waals surface area contributed by atoms with Crippen molar-refractivity contribution >= 4 is 0 Å². The Balaban J connectivity index is 2.45. The van der Waals surface area contributed by atoms with E-state index in [1.807, 2.05) is 0 Å². The molecule has 1 aliphatic heterocycles. The fourth-order valence-corrected chi connectivity index (χ4v) is 2.06. The van der Waals surface area contributed by atoms with Gasteiger partial charge in [-0.05, 0) is 38.6 Å². The number of hydrogen-bond donors (Lipinski definition) is 1. The van der Waals surface area contributed by atoms with Crippen molar-refractivity contribution in [3.8, 4) is 0 Å².